The van der Waals surface area contributed by atoms with Crippen molar-refractivity contribution in [1.29, 1.82) is 0 Å². The quantitative estimate of drug-likeness (QED) is 0.751. The van der Waals surface area contributed by atoms with Crippen molar-refractivity contribution in [3.05, 3.63) is 35.6 Å². The van der Waals surface area contributed by atoms with Crippen LogP contribution in [0.2, 0.25) is 0 Å². The van der Waals surface area contributed by atoms with E-state index in [1.54, 1.807) is 31.2 Å². The van der Waals surface area contributed by atoms with E-state index >= 15 is 0 Å². The second kappa shape index (κ2) is 3.69. The minimum absolute atomic E-state index is 0.0746. The highest BCUT2D eigenvalue weighted by Crippen LogP contribution is 2.26. The molecule has 0 aliphatic heterocycles. The first-order chi connectivity index (χ1) is 7.59. The first kappa shape index (κ1) is 10.2. The number of carboxylic acids is 1. The summed E-state index contributed by atoms with van der Waals surface area (Å²) < 4.78 is 4.88. The fourth-order valence-corrected chi connectivity index (χ4v) is 1.51. The zero-order valence-electron chi connectivity index (χ0n) is 8.60. The van der Waals surface area contributed by atoms with E-state index in [9.17, 15) is 4.79 Å². The fraction of sp³-hybridized carbons (Fsp3) is 0.0909. The molecule has 0 amide bonds. The molecule has 0 saturated heterocycles. The van der Waals surface area contributed by atoms with E-state index in [0.29, 0.717) is 16.9 Å². The molecule has 2 rings (SSSR count). The maximum absolute atomic E-state index is 11.0. The van der Waals surface area contributed by atoms with Crippen LogP contribution in [0.4, 0.5) is 5.69 Å². The minimum Gasteiger partial charge on any atom is -0.477 e. The summed E-state index contributed by atoms with van der Waals surface area (Å²) in [6, 6.07) is 6.85. The number of benzene rings is 1. The van der Waals surface area contributed by atoms with Crippen LogP contribution in [0.3, 0.4) is 0 Å². The second-order valence-electron chi connectivity index (χ2n) is 3.39. The molecule has 0 aliphatic carbocycles. The number of carbonyl (C=O) groups is 1. The van der Waals surface area contributed by atoms with E-state index in [0.717, 1.165) is 0 Å². The van der Waals surface area contributed by atoms with E-state index in [4.69, 9.17) is 15.4 Å². The van der Waals surface area contributed by atoms with Crippen LogP contribution < -0.4 is 5.73 Å². The predicted octanol–water partition coefficient (Wildman–Crippen LogP) is 1.93. The summed E-state index contributed by atoms with van der Waals surface area (Å²) in [7, 11) is 0. The number of carboxylic acid groups (broad SMARTS) is 1. The Hall–Kier alpha value is -2.30. The summed E-state index contributed by atoms with van der Waals surface area (Å²) in [5.74, 6) is -0.777. The van der Waals surface area contributed by atoms with Crippen LogP contribution >= 0.6 is 0 Å². The van der Waals surface area contributed by atoms with Gasteiger partial charge in [0.2, 0.25) is 0 Å². The number of hydrogen-bond acceptors (Lipinski definition) is 4. The van der Waals surface area contributed by atoms with Crippen molar-refractivity contribution < 1.29 is 14.4 Å². The summed E-state index contributed by atoms with van der Waals surface area (Å²) in [6.07, 6.45) is 0. The number of hydrogen-bond donors (Lipinski definition) is 2. The summed E-state index contributed by atoms with van der Waals surface area (Å²) in [4.78, 5) is 11.0. The van der Waals surface area contributed by atoms with Gasteiger partial charge in [-0.25, -0.2) is 4.79 Å². The molecule has 3 N–H and O–H groups in total. The third-order valence-corrected chi connectivity index (χ3v) is 2.24. The normalized spacial score (nSPS) is 10.3. The Balaban J connectivity index is 2.60. The average Bonchev–Trinajstić information content (AvgIpc) is 2.60. The third kappa shape index (κ3) is 1.63. The molecule has 0 fully saturated rings. The monoisotopic (exact) mass is 218 g/mol. The summed E-state index contributed by atoms with van der Waals surface area (Å²) in [5, 5.41) is 12.8. The topological polar surface area (TPSA) is 89.4 Å². The number of nitrogens with zero attached hydrogens (tertiary/aromatic N) is 1. The number of anilines is 1. The number of aromatic carboxylic acids is 1. The SMILES string of the molecule is Cc1onc(-c2cccc(N)c2)c1C(=O)O. The van der Waals surface area contributed by atoms with Gasteiger partial charge >= 0.3 is 5.97 Å². The van der Waals surface area contributed by atoms with Gasteiger partial charge < -0.3 is 15.4 Å². The van der Waals surface area contributed by atoms with Crippen LogP contribution in [-0.2, 0) is 0 Å². The highest BCUT2D eigenvalue weighted by Gasteiger charge is 2.20. The van der Waals surface area contributed by atoms with Crippen molar-refractivity contribution in [2.75, 3.05) is 5.73 Å². The molecule has 0 saturated carbocycles. The van der Waals surface area contributed by atoms with Crippen molar-refractivity contribution in [1.82, 2.24) is 5.16 Å². The molecule has 0 unspecified atom stereocenters. The van der Waals surface area contributed by atoms with Gasteiger partial charge in [0.05, 0.1) is 0 Å². The standard InChI is InChI=1S/C11H10N2O3/c1-6-9(11(14)15)10(13-16-6)7-3-2-4-8(12)5-7/h2-5H,12H2,1H3,(H,14,15). The first-order valence-corrected chi connectivity index (χ1v) is 4.65. The van der Waals surface area contributed by atoms with Gasteiger partial charge in [-0.1, -0.05) is 17.3 Å². The van der Waals surface area contributed by atoms with Gasteiger partial charge in [-0.3, -0.25) is 0 Å². The lowest BCUT2D eigenvalue weighted by molar-refractivity contribution is 0.0696. The zero-order valence-corrected chi connectivity index (χ0v) is 8.60. The Bertz CT molecular complexity index is 546. The van der Waals surface area contributed by atoms with Crippen molar-refractivity contribution in [2.24, 2.45) is 0 Å². The Morgan fingerprint density at radius 3 is 2.88 bits per heavy atom. The molecular formula is C11H10N2O3. The highest BCUT2D eigenvalue weighted by molar-refractivity contribution is 5.95. The fourth-order valence-electron chi connectivity index (χ4n) is 1.51. The third-order valence-electron chi connectivity index (χ3n) is 2.24. The van der Waals surface area contributed by atoms with Gasteiger partial charge in [0.1, 0.15) is 17.0 Å². The summed E-state index contributed by atoms with van der Waals surface area (Å²) in [6.45, 7) is 1.56. The maximum Gasteiger partial charge on any atom is 0.341 e. The lowest BCUT2D eigenvalue weighted by Crippen LogP contribution is -1.99. The molecule has 0 aliphatic rings. The molecular weight excluding hydrogens is 208 g/mol. The molecule has 82 valence electrons. The van der Waals surface area contributed by atoms with Crippen LogP contribution in [0.25, 0.3) is 11.3 Å². The van der Waals surface area contributed by atoms with E-state index in [1.807, 2.05) is 0 Å². The summed E-state index contributed by atoms with van der Waals surface area (Å²) >= 11 is 0. The van der Waals surface area contributed by atoms with Gasteiger partial charge in [-0.2, -0.15) is 0 Å². The zero-order chi connectivity index (χ0) is 11.7. The molecule has 0 spiro atoms. The Morgan fingerprint density at radius 2 is 2.25 bits per heavy atom. The van der Waals surface area contributed by atoms with Gasteiger partial charge in [0.15, 0.2) is 0 Å². The smallest absolute Gasteiger partial charge is 0.341 e. The number of rotatable bonds is 2. The molecule has 0 radical (unpaired) electrons. The molecule has 0 atom stereocenters. The Kier molecular flexibility index (Phi) is 2.36. The van der Waals surface area contributed by atoms with E-state index in [-0.39, 0.29) is 11.3 Å². The molecule has 1 aromatic heterocycles. The Morgan fingerprint density at radius 1 is 1.50 bits per heavy atom. The average molecular weight is 218 g/mol. The number of nitrogen functional groups attached to an aromatic ring is 1. The molecule has 5 nitrogen and oxygen atoms in total. The van der Waals surface area contributed by atoms with Crippen molar-refractivity contribution in [2.45, 2.75) is 6.92 Å². The van der Waals surface area contributed by atoms with Crippen LogP contribution in [0.5, 0.6) is 0 Å². The van der Waals surface area contributed by atoms with Crippen LogP contribution in [0.1, 0.15) is 16.1 Å². The first-order valence-electron chi connectivity index (χ1n) is 4.65. The largest absolute Gasteiger partial charge is 0.477 e. The lowest BCUT2D eigenvalue weighted by Gasteiger charge is -1.99. The van der Waals surface area contributed by atoms with Crippen LogP contribution in [0, 0.1) is 6.92 Å². The van der Waals surface area contributed by atoms with Gasteiger partial charge in [-0.05, 0) is 19.1 Å². The number of nitrogens with two attached hydrogens (primary N) is 1. The van der Waals surface area contributed by atoms with Crippen LogP contribution in [-0.4, -0.2) is 16.2 Å². The van der Waals surface area contributed by atoms with Gasteiger partial charge in [0, 0.05) is 11.3 Å². The van der Waals surface area contributed by atoms with Gasteiger partial charge in [-0.15, -0.1) is 0 Å². The minimum atomic E-state index is -1.06. The lowest BCUT2D eigenvalue weighted by atomic mass is 10.1. The van der Waals surface area contributed by atoms with Crippen LogP contribution in [0.15, 0.2) is 28.8 Å². The van der Waals surface area contributed by atoms with E-state index in [2.05, 4.69) is 5.16 Å². The Labute approximate surface area is 91.5 Å². The van der Waals surface area contributed by atoms with E-state index < -0.39 is 5.97 Å². The highest BCUT2D eigenvalue weighted by atomic mass is 16.5. The molecule has 2 aromatic rings. The van der Waals surface area contributed by atoms with Crippen molar-refractivity contribution in [3.8, 4) is 11.3 Å². The number of aryl methyl sites for hydroxylation is 1. The summed E-state index contributed by atoms with van der Waals surface area (Å²) in [5.41, 5.74) is 7.18. The van der Waals surface area contributed by atoms with Crippen molar-refractivity contribution >= 4 is 11.7 Å². The van der Waals surface area contributed by atoms with Crippen molar-refractivity contribution in [3.63, 3.8) is 0 Å². The second-order valence-corrected chi connectivity index (χ2v) is 3.39. The molecule has 5 heteroatoms. The molecule has 16 heavy (non-hydrogen) atoms. The predicted molar refractivity (Wildman–Crippen MR) is 58.0 cm³/mol. The molecule has 1 aromatic carbocycles. The van der Waals surface area contributed by atoms with Gasteiger partial charge in [0.25, 0.3) is 0 Å². The van der Waals surface area contributed by atoms with E-state index in [1.165, 1.54) is 0 Å². The molecule has 0 bridgehead atoms. The maximum atomic E-state index is 11.0. The number of aromatic nitrogens is 1. The molecule has 1 heterocycles.